The molecule has 0 saturated heterocycles. The topological polar surface area (TPSA) is 3.24 Å². The largest absolute Gasteiger partial charge is 0.310 e. The predicted molar refractivity (Wildman–Crippen MR) is 247 cm³/mol. The molecule has 9 aromatic rings. The van der Waals surface area contributed by atoms with Gasteiger partial charge in [0, 0.05) is 22.4 Å². The zero-order valence-corrected chi connectivity index (χ0v) is 33.2. The molecular formula is C57H45N. The van der Waals surface area contributed by atoms with E-state index in [0.717, 1.165) is 17.8 Å². The van der Waals surface area contributed by atoms with Crippen LogP contribution in [0.3, 0.4) is 0 Å². The van der Waals surface area contributed by atoms with Crippen molar-refractivity contribution in [1.29, 1.82) is 0 Å². The molecular weight excluding hydrogens is 699 g/mol. The summed E-state index contributed by atoms with van der Waals surface area (Å²) in [5, 5.41) is 5.12. The van der Waals surface area contributed by atoms with Gasteiger partial charge in [-0.3, -0.25) is 0 Å². The third-order valence-corrected chi connectivity index (χ3v) is 13.0. The van der Waals surface area contributed by atoms with Crippen LogP contribution in [0.2, 0.25) is 0 Å². The first-order valence-corrected chi connectivity index (χ1v) is 20.9. The van der Waals surface area contributed by atoms with Crippen molar-refractivity contribution < 1.29 is 0 Å². The highest BCUT2D eigenvalue weighted by atomic mass is 15.1. The molecule has 9 aromatic carbocycles. The Morgan fingerprint density at radius 3 is 1.76 bits per heavy atom. The van der Waals surface area contributed by atoms with Crippen LogP contribution in [0, 0.1) is 0 Å². The van der Waals surface area contributed by atoms with Crippen LogP contribution in [0.1, 0.15) is 48.9 Å². The summed E-state index contributed by atoms with van der Waals surface area (Å²) >= 11 is 0. The monoisotopic (exact) mass is 743 g/mol. The van der Waals surface area contributed by atoms with E-state index in [9.17, 15) is 0 Å². The molecule has 11 rings (SSSR count). The molecule has 1 nitrogen and oxygen atoms in total. The lowest BCUT2D eigenvalue weighted by molar-refractivity contribution is 0.660. The van der Waals surface area contributed by atoms with Crippen molar-refractivity contribution in [3.63, 3.8) is 0 Å². The molecule has 0 saturated carbocycles. The minimum absolute atomic E-state index is 0.140. The number of nitrogens with zero attached hydrogens (tertiary/aromatic N) is 1. The summed E-state index contributed by atoms with van der Waals surface area (Å²) in [5.41, 5.74) is 19.2. The fraction of sp³-hybridized carbons (Fsp3) is 0.123. The molecule has 2 aliphatic carbocycles. The third-order valence-electron chi connectivity index (χ3n) is 13.0. The van der Waals surface area contributed by atoms with E-state index >= 15 is 0 Å². The molecule has 0 heterocycles. The van der Waals surface area contributed by atoms with Crippen molar-refractivity contribution >= 4 is 38.6 Å². The van der Waals surface area contributed by atoms with Crippen molar-refractivity contribution in [2.24, 2.45) is 0 Å². The molecule has 0 bridgehead atoms. The van der Waals surface area contributed by atoms with E-state index in [0.29, 0.717) is 0 Å². The first-order chi connectivity index (χ1) is 28.5. The zero-order valence-electron chi connectivity index (χ0n) is 33.2. The molecule has 278 valence electrons. The fourth-order valence-corrected chi connectivity index (χ4v) is 10.00. The first kappa shape index (κ1) is 34.5. The Hall–Kier alpha value is -6.70. The normalized spacial score (nSPS) is 13.9. The Balaban J connectivity index is 1.13. The van der Waals surface area contributed by atoms with Gasteiger partial charge in [-0.05, 0) is 151 Å². The summed E-state index contributed by atoms with van der Waals surface area (Å²) < 4.78 is 0. The van der Waals surface area contributed by atoms with Crippen LogP contribution in [-0.2, 0) is 18.3 Å². The van der Waals surface area contributed by atoms with Gasteiger partial charge in [-0.15, -0.1) is 0 Å². The molecule has 0 fully saturated rings. The van der Waals surface area contributed by atoms with Gasteiger partial charge in [0.25, 0.3) is 0 Å². The number of fused-ring (bicyclic) bond motifs is 7. The Kier molecular flexibility index (Phi) is 8.19. The highest BCUT2D eigenvalue weighted by molar-refractivity contribution is 6.13. The Morgan fingerprint density at radius 1 is 0.379 bits per heavy atom. The minimum Gasteiger partial charge on any atom is -0.310 e. The Bertz CT molecular complexity index is 3010. The molecule has 0 aromatic heterocycles. The summed E-state index contributed by atoms with van der Waals surface area (Å²) in [6.07, 6.45) is 4.86. The number of aryl methyl sites for hydroxylation is 2. The molecule has 0 aliphatic heterocycles. The van der Waals surface area contributed by atoms with E-state index in [2.05, 4.69) is 207 Å². The van der Waals surface area contributed by atoms with E-state index in [-0.39, 0.29) is 5.41 Å². The van der Waals surface area contributed by atoms with Gasteiger partial charge in [0.15, 0.2) is 0 Å². The van der Waals surface area contributed by atoms with Crippen molar-refractivity contribution in [2.45, 2.75) is 44.9 Å². The van der Waals surface area contributed by atoms with E-state index in [4.69, 9.17) is 0 Å². The van der Waals surface area contributed by atoms with Crippen LogP contribution >= 0.6 is 0 Å². The first-order valence-electron chi connectivity index (χ1n) is 20.9. The highest BCUT2D eigenvalue weighted by Crippen LogP contribution is 2.54. The van der Waals surface area contributed by atoms with Crippen LogP contribution in [0.15, 0.2) is 188 Å². The summed E-state index contributed by atoms with van der Waals surface area (Å²) in [6, 6.07) is 70.4. The summed E-state index contributed by atoms with van der Waals surface area (Å²) in [5.74, 6) is 0. The second kappa shape index (κ2) is 13.7. The van der Waals surface area contributed by atoms with Gasteiger partial charge < -0.3 is 4.90 Å². The zero-order chi connectivity index (χ0) is 38.8. The standard InChI is InChI=1S/C57H45N/c1-57(2)54-23-13-12-22-50(54)53-36-52(44-25-24-39-16-6-7-17-42(39)34-44)56(37-55(53)57)58(45-30-26-40(27-31-45)38-14-4-3-5-15-38)46-32-28-41(29-33-46)51-35-43-18-8-9-19-47(43)48-20-10-11-21-49(48)51/h3-5,8-15,18-37H,6-7,16-17H2,1-2H3. The number of benzene rings is 9. The van der Waals surface area contributed by atoms with Gasteiger partial charge in [0.05, 0.1) is 5.69 Å². The maximum atomic E-state index is 2.51. The Morgan fingerprint density at radius 2 is 0.983 bits per heavy atom. The smallest absolute Gasteiger partial charge is 0.0543 e. The van der Waals surface area contributed by atoms with Crippen LogP contribution in [0.4, 0.5) is 17.1 Å². The van der Waals surface area contributed by atoms with Crippen molar-refractivity contribution in [1.82, 2.24) is 0 Å². The van der Waals surface area contributed by atoms with Gasteiger partial charge in [0.2, 0.25) is 0 Å². The summed E-state index contributed by atoms with van der Waals surface area (Å²) in [4.78, 5) is 2.51. The average Bonchev–Trinajstić information content (AvgIpc) is 3.51. The van der Waals surface area contributed by atoms with Crippen molar-refractivity contribution in [2.75, 3.05) is 4.90 Å². The Labute approximate surface area is 341 Å². The average molecular weight is 744 g/mol. The minimum atomic E-state index is -0.140. The van der Waals surface area contributed by atoms with Crippen LogP contribution in [-0.4, -0.2) is 0 Å². The predicted octanol–water partition coefficient (Wildman–Crippen LogP) is 15.6. The number of anilines is 3. The second-order valence-electron chi connectivity index (χ2n) is 16.8. The third kappa shape index (κ3) is 5.68. The second-order valence-corrected chi connectivity index (χ2v) is 16.8. The maximum absolute atomic E-state index is 2.51. The van der Waals surface area contributed by atoms with Gasteiger partial charge in [0.1, 0.15) is 0 Å². The number of hydrogen-bond acceptors (Lipinski definition) is 1. The lowest BCUT2D eigenvalue weighted by Crippen LogP contribution is -2.17. The summed E-state index contributed by atoms with van der Waals surface area (Å²) in [6.45, 7) is 4.78. The molecule has 2 aliphatic rings. The summed E-state index contributed by atoms with van der Waals surface area (Å²) in [7, 11) is 0. The van der Waals surface area contributed by atoms with Crippen molar-refractivity contribution in [3.05, 3.63) is 210 Å². The van der Waals surface area contributed by atoms with Gasteiger partial charge in [-0.1, -0.05) is 159 Å². The van der Waals surface area contributed by atoms with Crippen LogP contribution in [0.5, 0.6) is 0 Å². The molecule has 0 spiro atoms. The lowest BCUT2D eigenvalue weighted by Gasteiger charge is -2.31. The quantitative estimate of drug-likeness (QED) is 0.153. The molecule has 0 amide bonds. The number of hydrogen-bond donors (Lipinski definition) is 0. The molecule has 0 unspecified atom stereocenters. The SMILES string of the molecule is CC1(C)c2ccccc2-c2cc(-c3ccc4c(c3)CCCC4)c(N(c3ccc(-c4ccccc4)cc3)c3ccc(-c4cc5ccccc5c5ccccc45)cc3)cc21. The van der Waals surface area contributed by atoms with Crippen molar-refractivity contribution in [3.8, 4) is 44.5 Å². The molecule has 0 N–H and O–H groups in total. The number of rotatable bonds is 6. The highest BCUT2D eigenvalue weighted by Gasteiger charge is 2.37. The van der Waals surface area contributed by atoms with E-state index < -0.39 is 0 Å². The fourth-order valence-electron chi connectivity index (χ4n) is 10.00. The molecule has 0 radical (unpaired) electrons. The molecule has 1 heteroatoms. The van der Waals surface area contributed by atoms with E-state index in [1.54, 1.807) is 0 Å². The lowest BCUT2D eigenvalue weighted by atomic mass is 9.81. The molecule has 0 atom stereocenters. The maximum Gasteiger partial charge on any atom is 0.0543 e. The van der Waals surface area contributed by atoms with E-state index in [1.807, 2.05) is 0 Å². The van der Waals surface area contributed by atoms with Gasteiger partial charge >= 0.3 is 0 Å². The van der Waals surface area contributed by atoms with Crippen LogP contribution < -0.4 is 4.90 Å². The van der Waals surface area contributed by atoms with Gasteiger partial charge in [-0.25, -0.2) is 0 Å². The van der Waals surface area contributed by atoms with Crippen LogP contribution in [0.25, 0.3) is 66.1 Å². The molecule has 58 heavy (non-hydrogen) atoms. The van der Waals surface area contributed by atoms with Gasteiger partial charge in [-0.2, -0.15) is 0 Å². The van der Waals surface area contributed by atoms with E-state index in [1.165, 1.54) is 113 Å².